The van der Waals surface area contributed by atoms with Crippen molar-refractivity contribution < 1.29 is 9.44 Å². The number of nitrogens with one attached hydrogen (secondary N) is 1. The van der Waals surface area contributed by atoms with Crippen LogP contribution in [-0.4, -0.2) is 45.6 Å². The summed E-state index contributed by atoms with van der Waals surface area (Å²) in [6.07, 6.45) is 1.28. The van der Waals surface area contributed by atoms with Gasteiger partial charge in [-0.15, -0.1) is 10.2 Å². The number of hydrogen-bond acceptors (Lipinski definition) is 7. The summed E-state index contributed by atoms with van der Waals surface area (Å²) in [6, 6.07) is 12.8. The van der Waals surface area contributed by atoms with E-state index in [2.05, 4.69) is 15.5 Å². The molecule has 174 valence electrons. The Balaban J connectivity index is 1.23. The van der Waals surface area contributed by atoms with Gasteiger partial charge in [0.25, 0.3) is 0 Å². The number of likely N-dealkylation sites (tertiary alicyclic amines) is 1. The molecule has 3 aromatic rings. The van der Waals surface area contributed by atoms with E-state index in [1.807, 2.05) is 30.3 Å². The van der Waals surface area contributed by atoms with E-state index in [0.717, 1.165) is 20.5 Å². The van der Waals surface area contributed by atoms with Gasteiger partial charge >= 0.3 is 0 Å². The number of hydrogen-bond donors (Lipinski definition) is 2. The van der Waals surface area contributed by atoms with Crippen molar-refractivity contribution in [1.29, 1.82) is 0 Å². The minimum atomic E-state index is -0.323. The van der Waals surface area contributed by atoms with Crippen LogP contribution < -0.4 is 11.1 Å². The van der Waals surface area contributed by atoms with Gasteiger partial charge in [-0.3, -0.25) is 4.79 Å². The lowest BCUT2D eigenvalue weighted by molar-refractivity contribution is -0.898. The number of amides is 1. The first kappa shape index (κ1) is 24.3. The minimum Gasteiger partial charge on any atom is -0.633 e. The Morgan fingerprint density at radius 2 is 1.97 bits per heavy atom. The summed E-state index contributed by atoms with van der Waals surface area (Å²) >= 11 is 14.8. The molecule has 0 aliphatic carbocycles. The number of piperidine rings is 1. The van der Waals surface area contributed by atoms with Gasteiger partial charge < -0.3 is 20.9 Å². The van der Waals surface area contributed by atoms with Crippen LogP contribution in [0.4, 0.5) is 5.69 Å². The molecule has 3 N–H and O–H groups in total. The number of aromatic nitrogens is 2. The van der Waals surface area contributed by atoms with Gasteiger partial charge in [-0.2, -0.15) is 0 Å². The van der Waals surface area contributed by atoms with Gasteiger partial charge in [0.1, 0.15) is 11.6 Å². The fourth-order valence-electron chi connectivity index (χ4n) is 3.76. The monoisotopic (exact) mass is 523 g/mol. The van der Waals surface area contributed by atoms with E-state index in [-0.39, 0.29) is 22.3 Å². The standard InChI is InChI=1S/C22H23Cl2N5O2S2/c23-18-5-4-14(10-19(18)24)12-29(31)8-6-17(7-9-29)26-20(30)13-32-22-28-27-21(33-22)15-2-1-3-16(25)11-15/h1-5,10-11,17H,6-9,12-13,25H2,(H,26,30). The number of quaternary nitrogens is 1. The van der Waals surface area contributed by atoms with E-state index >= 15 is 0 Å². The van der Waals surface area contributed by atoms with E-state index in [4.69, 9.17) is 28.9 Å². The van der Waals surface area contributed by atoms with Crippen molar-refractivity contribution >= 4 is 57.9 Å². The molecule has 0 radical (unpaired) electrons. The number of carbonyl (C=O) groups excluding carboxylic acids is 1. The van der Waals surface area contributed by atoms with E-state index in [9.17, 15) is 10.0 Å². The van der Waals surface area contributed by atoms with E-state index in [0.29, 0.717) is 48.2 Å². The van der Waals surface area contributed by atoms with Gasteiger partial charge in [-0.1, -0.05) is 64.5 Å². The molecule has 0 bridgehead atoms. The smallest absolute Gasteiger partial charge is 0.230 e. The highest BCUT2D eigenvalue weighted by molar-refractivity contribution is 8.01. The molecule has 1 aromatic heterocycles. The molecule has 0 unspecified atom stereocenters. The van der Waals surface area contributed by atoms with Crippen LogP contribution in [0.15, 0.2) is 46.8 Å². The molecule has 33 heavy (non-hydrogen) atoms. The van der Waals surface area contributed by atoms with Gasteiger partial charge in [-0.05, 0) is 24.3 Å². The summed E-state index contributed by atoms with van der Waals surface area (Å²) < 4.78 is 0.402. The number of carbonyl (C=O) groups is 1. The van der Waals surface area contributed by atoms with Crippen LogP contribution in [0, 0.1) is 5.21 Å². The molecule has 0 saturated carbocycles. The second-order valence-corrected chi connectivity index (χ2v) is 11.1. The van der Waals surface area contributed by atoms with Gasteiger partial charge in [0.15, 0.2) is 4.34 Å². The van der Waals surface area contributed by atoms with E-state index < -0.39 is 0 Å². The molecule has 7 nitrogen and oxygen atoms in total. The lowest BCUT2D eigenvalue weighted by Gasteiger charge is -2.47. The highest BCUT2D eigenvalue weighted by Crippen LogP contribution is 2.30. The second kappa shape index (κ2) is 10.6. The average molecular weight is 524 g/mol. The number of benzene rings is 2. The topological polar surface area (TPSA) is 104 Å². The van der Waals surface area contributed by atoms with Gasteiger partial charge in [0, 0.05) is 35.7 Å². The summed E-state index contributed by atoms with van der Waals surface area (Å²) in [5.41, 5.74) is 8.27. The fraction of sp³-hybridized carbons (Fsp3) is 0.318. The predicted octanol–water partition coefficient (Wildman–Crippen LogP) is 4.98. The Kier molecular flexibility index (Phi) is 7.78. The summed E-state index contributed by atoms with van der Waals surface area (Å²) in [4.78, 5) is 12.4. The first-order valence-corrected chi connectivity index (χ1v) is 13.0. The molecule has 0 spiro atoms. The Hall–Kier alpha value is -1.88. The Labute approximate surface area is 210 Å². The summed E-state index contributed by atoms with van der Waals surface area (Å²) in [5, 5.41) is 26.2. The molecule has 11 heteroatoms. The van der Waals surface area contributed by atoms with Crippen molar-refractivity contribution in [2.45, 2.75) is 29.8 Å². The number of halogens is 2. The maximum Gasteiger partial charge on any atom is 0.230 e. The maximum absolute atomic E-state index is 13.1. The van der Waals surface area contributed by atoms with Crippen molar-refractivity contribution in [3.63, 3.8) is 0 Å². The van der Waals surface area contributed by atoms with Crippen LogP contribution in [0.1, 0.15) is 18.4 Å². The SMILES string of the molecule is Nc1cccc(-c2nnc(SCC(=O)NC3CC[N+]([O-])(Cc4ccc(Cl)c(Cl)c4)CC3)s2)c1. The van der Waals surface area contributed by atoms with Gasteiger partial charge in [0.05, 0.1) is 28.9 Å². The van der Waals surface area contributed by atoms with Crippen LogP contribution in [0.5, 0.6) is 0 Å². The molecular formula is C22H23Cl2N5O2S2. The first-order valence-electron chi connectivity index (χ1n) is 10.4. The molecule has 2 heterocycles. The van der Waals surface area contributed by atoms with Crippen molar-refractivity contribution in [3.8, 4) is 10.6 Å². The van der Waals surface area contributed by atoms with Crippen LogP contribution >= 0.6 is 46.3 Å². The molecule has 1 fully saturated rings. The summed E-state index contributed by atoms with van der Waals surface area (Å²) in [6.45, 7) is 1.23. The lowest BCUT2D eigenvalue weighted by atomic mass is 10.0. The Bertz CT molecular complexity index is 1140. The number of nitrogens with two attached hydrogens (primary N) is 1. The predicted molar refractivity (Wildman–Crippen MR) is 135 cm³/mol. The molecule has 2 aromatic carbocycles. The van der Waals surface area contributed by atoms with Gasteiger partial charge in [0.2, 0.25) is 5.91 Å². The molecule has 4 rings (SSSR count). The van der Waals surface area contributed by atoms with Crippen LogP contribution in [0.2, 0.25) is 10.0 Å². The number of thioether (sulfide) groups is 1. The zero-order valence-electron chi connectivity index (χ0n) is 17.7. The third-order valence-electron chi connectivity index (χ3n) is 5.46. The molecule has 1 amide bonds. The minimum absolute atomic E-state index is 0.00406. The highest BCUT2D eigenvalue weighted by atomic mass is 35.5. The van der Waals surface area contributed by atoms with E-state index in [1.54, 1.807) is 12.1 Å². The zero-order chi connectivity index (χ0) is 23.4. The number of anilines is 1. The fourth-order valence-corrected chi connectivity index (χ4v) is 5.74. The number of nitrogen functional groups attached to an aromatic ring is 1. The second-order valence-electron chi connectivity index (χ2n) is 8.04. The zero-order valence-corrected chi connectivity index (χ0v) is 20.8. The highest BCUT2D eigenvalue weighted by Gasteiger charge is 2.28. The normalized spacial score (nSPS) is 20.5. The first-order chi connectivity index (χ1) is 15.8. The summed E-state index contributed by atoms with van der Waals surface area (Å²) in [7, 11) is 0. The largest absolute Gasteiger partial charge is 0.633 e. The number of hydroxylamine groups is 3. The van der Waals surface area contributed by atoms with Gasteiger partial charge in [-0.25, -0.2) is 0 Å². The molecule has 1 aliphatic rings. The van der Waals surface area contributed by atoms with Crippen molar-refractivity contribution in [1.82, 2.24) is 15.5 Å². The quantitative estimate of drug-likeness (QED) is 0.196. The third kappa shape index (κ3) is 6.59. The summed E-state index contributed by atoms with van der Waals surface area (Å²) in [5.74, 6) is 0.184. The van der Waals surface area contributed by atoms with Crippen molar-refractivity contribution in [2.24, 2.45) is 0 Å². The van der Waals surface area contributed by atoms with Crippen LogP contribution in [0.25, 0.3) is 10.6 Å². The Morgan fingerprint density at radius 3 is 2.70 bits per heavy atom. The number of nitrogens with zero attached hydrogens (tertiary/aromatic N) is 3. The lowest BCUT2D eigenvalue weighted by Crippen LogP contribution is -2.52. The molecule has 1 aliphatic heterocycles. The third-order valence-corrected chi connectivity index (χ3v) is 8.30. The van der Waals surface area contributed by atoms with E-state index in [1.165, 1.54) is 23.1 Å². The van der Waals surface area contributed by atoms with Crippen molar-refractivity contribution in [2.75, 3.05) is 24.6 Å². The molecule has 1 saturated heterocycles. The Morgan fingerprint density at radius 1 is 1.18 bits per heavy atom. The van der Waals surface area contributed by atoms with Crippen LogP contribution in [-0.2, 0) is 11.3 Å². The van der Waals surface area contributed by atoms with Crippen LogP contribution in [0.3, 0.4) is 0 Å². The molecule has 0 atom stereocenters. The molecular weight excluding hydrogens is 501 g/mol. The number of rotatable bonds is 7. The average Bonchev–Trinajstić information content (AvgIpc) is 3.26. The van der Waals surface area contributed by atoms with Crippen molar-refractivity contribution in [3.05, 3.63) is 63.3 Å². The maximum atomic E-state index is 13.1.